The highest BCUT2D eigenvalue weighted by molar-refractivity contribution is 6.09. The molecule has 7 nitrogen and oxygen atoms in total. The predicted octanol–water partition coefficient (Wildman–Crippen LogP) is 3.03. The molecule has 7 heteroatoms. The van der Waals surface area contributed by atoms with Gasteiger partial charge in [-0.25, -0.2) is 4.98 Å². The van der Waals surface area contributed by atoms with E-state index in [1.165, 1.54) is 0 Å². The summed E-state index contributed by atoms with van der Waals surface area (Å²) in [6, 6.07) is 4.05. The summed E-state index contributed by atoms with van der Waals surface area (Å²) >= 11 is 0. The zero-order valence-corrected chi connectivity index (χ0v) is 14.9. The molecule has 25 heavy (non-hydrogen) atoms. The molecule has 2 aromatic heterocycles. The van der Waals surface area contributed by atoms with E-state index in [1.54, 1.807) is 0 Å². The second-order valence-electron chi connectivity index (χ2n) is 6.82. The first-order valence-corrected chi connectivity index (χ1v) is 8.61. The first-order valence-electron chi connectivity index (χ1n) is 8.61. The molecule has 0 fully saturated rings. The number of amides is 1. The number of carbonyl (C=O) groups is 1. The summed E-state index contributed by atoms with van der Waals surface area (Å²) in [6.07, 6.45) is 1.83. The van der Waals surface area contributed by atoms with Gasteiger partial charge in [-0.15, -0.1) is 0 Å². The van der Waals surface area contributed by atoms with E-state index in [9.17, 15) is 4.79 Å². The molecule has 1 amide bonds. The Hall–Kier alpha value is -2.83. The Bertz CT molecular complexity index is 967. The molecule has 0 radical (unpaired) electrons. The number of benzene rings is 1. The van der Waals surface area contributed by atoms with Crippen molar-refractivity contribution in [1.29, 1.82) is 0 Å². The Morgan fingerprint density at radius 2 is 2.08 bits per heavy atom. The molecular weight excluding hydrogens is 316 g/mol. The molecule has 0 bridgehead atoms. The van der Waals surface area contributed by atoms with E-state index in [-0.39, 0.29) is 5.91 Å². The first-order chi connectivity index (χ1) is 12.0. The van der Waals surface area contributed by atoms with Crippen molar-refractivity contribution >= 4 is 28.3 Å². The molecule has 1 aliphatic heterocycles. The van der Waals surface area contributed by atoms with Crippen molar-refractivity contribution in [3.8, 4) is 11.5 Å². The van der Waals surface area contributed by atoms with Crippen LogP contribution in [0.2, 0.25) is 0 Å². The van der Waals surface area contributed by atoms with Gasteiger partial charge in [0.05, 0.1) is 27.8 Å². The number of imidazole rings is 1. The maximum Gasteiger partial charge on any atom is 0.237 e. The lowest BCUT2D eigenvalue weighted by Crippen LogP contribution is -2.35. The molecule has 0 spiro atoms. The fourth-order valence-corrected chi connectivity index (χ4v) is 3.55. The molecule has 0 atom stereocenters. The van der Waals surface area contributed by atoms with E-state index in [2.05, 4.69) is 20.5 Å². The van der Waals surface area contributed by atoms with Gasteiger partial charge in [0, 0.05) is 19.3 Å². The number of nitrogens with zero attached hydrogens (tertiary/aromatic N) is 3. The maximum absolute atomic E-state index is 12.7. The molecule has 3 heterocycles. The molecule has 3 aromatic rings. The molecule has 4 rings (SSSR count). The fourth-order valence-electron chi connectivity index (χ4n) is 3.55. The third-order valence-corrected chi connectivity index (χ3v) is 4.89. The number of fused-ring (bicyclic) bond motifs is 2. The Balaban J connectivity index is 1.87. The average Bonchev–Trinajstić information content (AvgIpc) is 3.24. The van der Waals surface area contributed by atoms with Gasteiger partial charge in [0.15, 0.2) is 11.5 Å². The van der Waals surface area contributed by atoms with Crippen molar-refractivity contribution in [2.24, 2.45) is 0 Å². The molecular formula is C18H22N6O. The van der Waals surface area contributed by atoms with Gasteiger partial charge in [-0.3, -0.25) is 9.89 Å². The van der Waals surface area contributed by atoms with Gasteiger partial charge < -0.3 is 15.2 Å². The van der Waals surface area contributed by atoms with Crippen LogP contribution in [0.15, 0.2) is 18.3 Å². The normalized spacial score (nSPS) is 15.8. The van der Waals surface area contributed by atoms with Crippen molar-refractivity contribution in [1.82, 2.24) is 20.2 Å². The number of likely N-dealkylation sites (N-methyl/N-ethyl adjacent to an activating group) is 1. The van der Waals surface area contributed by atoms with Crippen LogP contribution in [0.25, 0.3) is 22.6 Å². The molecule has 0 unspecified atom stereocenters. The molecule has 0 saturated heterocycles. The van der Waals surface area contributed by atoms with Crippen LogP contribution in [-0.2, 0) is 10.2 Å². The summed E-state index contributed by atoms with van der Waals surface area (Å²) in [7, 11) is 0. The summed E-state index contributed by atoms with van der Waals surface area (Å²) < 4.78 is 0. The number of H-pyrrole nitrogens is 2. The Labute approximate surface area is 145 Å². The van der Waals surface area contributed by atoms with Crippen LogP contribution in [0, 0.1) is 0 Å². The Morgan fingerprint density at radius 1 is 1.28 bits per heavy atom. The maximum atomic E-state index is 12.7. The lowest BCUT2D eigenvalue weighted by Gasteiger charge is -2.18. The van der Waals surface area contributed by atoms with Crippen molar-refractivity contribution in [3.05, 3.63) is 23.9 Å². The second kappa shape index (κ2) is 5.34. The first kappa shape index (κ1) is 15.7. The standard InChI is InChI=1S/C18H22N6O/c1-5-19-13-9-20-23-15(13)16-21-11-7-10-14(8-12(11)22-16)24(6-2)17(25)18(10,3)4/h7-9,19H,5-6H2,1-4H3,(H,20,23)(H,21,22). The summed E-state index contributed by atoms with van der Waals surface area (Å²) in [5.41, 5.74) is 4.90. The van der Waals surface area contributed by atoms with E-state index in [4.69, 9.17) is 4.98 Å². The van der Waals surface area contributed by atoms with Gasteiger partial charge in [-0.2, -0.15) is 5.10 Å². The van der Waals surface area contributed by atoms with E-state index in [1.807, 2.05) is 50.9 Å². The summed E-state index contributed by atoms with van der Waals surface area (Å²) in [6.45, 7) is 9.45. The van der Waals surface area contributed by atoms with Crippen LogP contribution >= 0.6 is 0 Å². The number of nitrogens with one attached hydrogen (secondary N) is 3. The van der Waals surface area contributed by atoms with Gasteiger partial charge >= 0.3 is 0 Å². The number of hydrogen-bond donors (Lipinski definition) is 3. The smallest absolute Gasteiger partial charge is 0.237 e. The van der Waals surface area contributed by atoms with Crippen molar-refractivity contribution in [2.75, 3.05) is 23.3 Å². The zero-order chi connectivity index (χ0) is 17.8. The minimum Gasteiger partial charge on any atom is -0.382 e. The summed E-state index contributed by atoms with van der Waals surface area (Å²) in [5.74, 6) is 0.850. The lowest BCUT2D eigenvalue weighted by atomic mass is 9.86. The van der Waals surface area contributed by atoms with Crippen LogP contribution in [0.4, 0.5) is 11.4 Å². The van der Waals surface area contributed by atoms with Crippen molar-refractivity contribution in [2.45, 2.75) is 33.1 Å². The van der Waals surface area contributed by atoms with Gasteiger partial charge in [-0.05, 0) is 45.4 Å². The SMILES string of the molecule is CCNc1c[nH]nc1-c1nc2cc3c(cc2[nH]1)C(C)(C)C(=O)N3CC. The monoisotopic (exact) mass is 338 g/mol. The zero-order valence-electron chi connectivity index (χ0n) is 14.9. The van der Waals surface area contributed by atoms with Crippen LogP contribution in [0.3, 0.4) is 0 Å². The quantitative estimate of drug-likeness (QED) is 0.682. The minimum absolute atomic E-state index is 0.139. The number of aromatic nitrogens is 4. The van der Waals surface area contributed by atoms with Crippen molar-refractivity contribution < 1.29 is 4.79 Å². The van der Waals surface area contributed by atoms with Gasteiger partial charge in [0.2, 0.25) is 5.91 Å². The Kier molecular flexibility index (Phi) is 3.35. The van der Waals surface area contributed by atoms with Crippen LogP contribution in [0.5, 0.6) is 0 Å². The van der Waals surface area contributed by atoms with Crippen molar-refractivity contribution in [3.63, 3.8) is 0 Å². The third kappa shape index (κ3) is 2.15. The number of hydrogen-bond acceptors (Lipinski definition) is 4. The molecule has 3 N–H and O–H groups in total. The molecule has 130 valence electrons. The molecule has 0 saturated carbocycles. The van der Waals surface area contributed by atoms with E-state index in [0.29, 0.717) is 12.4 Å². The van der Waals surface area contributed by atoms with Crippen LogP contribution in [-0.4, -0.2) is 39.2 Å². The highest BCUT2D eigenvalue weighted by Crippen LogP contribution is 2.43. The second-order valence-corrected chi connectivity index (χ2v) is 6.82. The topological polar surface area (TPSA) is 89.7 Å². The van der Waals surface area contributed by atoms with E-state index >= 15 is 0 Å². The number of aromatic amines is 2. The average molecular weight is 338 g/mol. The number of carbonyl (C=O) groups excluding carboxylic acids is 1. The Morgan fingerprint density at radius 3 is 2.80 bits per heavy atom. The van der Waals surface area contributed by atoms with Gasteiger partial charge in [-0.1, -0.05) is 0 Å². The minimum atomic E-state index is -0.522. The van der Waals surface area contributed by atoms with Crippen LogP contribution < -0.4 is 10.2 Å². The molecule has 1 aromatic carbocycles. The van der Waals surface area contributed by atoms with Crippen LogP contribution in [0.1, 0.15) is 33.3 Å². The summed E-state index contributed by atoms with van der Waals surface area (Å²) in [4.78, 5) is 22.5. The summed E-state index contributed by atoms with van der Waals surface area (Å²) in [5, 5.41) is 10.5. The highest BCUT2D eigenvalue weighted by Gasteiger charge is 2.43. The highest BCUT2D eigenvalue weighted by atomic mass is 16.2. The number of rotatable bonds is 4. The van der Waals surface area contributed by atoms with E-state index < -0.39 is 5.41 Å². The van der Waals surface area contributed by atoms with Gasteiger partial charge in [0.25, 0.3) is 0 Å². The molecule has 1 aliphatic rings. The largest absolute Gasteiger partial charge is 0.382 e. The van der Waals surface area contributed by atoms with Gasteiger partial charge in [0.1, 0.15) is 0 Å². The van der Waals surface area contributed by atoms with E-state index in [0.717, 1.165) is 40.2 Å². The number of anilines is 2. The third-order valence-electron chi connectivity index (χ3n) is 4.89. The predicted molar refractivity (Wildman–Crippen MR) is 98.9 cm³/mol. The fraction of sp³-hybridized carbons (Fsp3) is 0.389. The lowest BCUT2D eigenvalue weighted by molar-refractivity contribution is -0.122. The molecule has 0 aliphatic carbocycles.